The van der Waals surface area contributed by atoms with E-state index in [1.807, 2.05) is 47.8 Å². The fourth-order valence-electron chi connectivity index (χ4n) is 3.50. The van der Waals surface area contributed by atoms with E-state index < -0.39 is 0 Å². The van der Waals surface area contributed by atoms with E-state index in [0.717, 1.165) is 9.79 Å². The Morgan fingerprint density at radius 3 is 1.17 bits per heavy atom. The lowest BCUT2D eigenvalue weighted by Crippen LogP contribution is -2.68. The third-order valence-electron chi connectivity index (χ3n) is 4.27. The molecule has 0 atom stereocenters. The van der Waals surface area contributed by atoms with E-state index >= 15 is 0 Å². The summed E-state index contributed by atoms with van der Waals surface area (Å²) in [6.45, 7) is 0. The molecule has 0 nitrogen and oxygen atoms in total. The van der Waals surface area contributed by atoms with Gasteiger partial charge in [0.15, 0.2) is 0 Å². The zero-order valence-corrected chi connectivity index (χ0v) is 16.6. The molecule has 2 bridgehead atoms. The lowest BCUT2D eigenvalue weighted by Gasteiger charge is -2.69. The Bertz CT molecular complexity index is 666. The zero-order chi connectivity index (χ0) is 16.2. The zero-order valence-electron chi connectivity index (χ0n) is 11.9. The van der Waals surface area contributed by atoms with Crippen molar-refractivity contribution in [2.45, 2.75) is 38.5 Å². The highest BCUT2D eigenvalue weighted by atomic mass is 35.5. The van der Waals surface area contributed by atoms with Crippen LogP contribution in [-0.2, 0) is 0 Å². The average Bonchev–Trinajstić information content (AvgIpc) is 2.32. The van der Waals surface area contributed by atoms with Gasteiger partial charge in [0.05, 0.1) is 0 Å². The summed E-state index contributed by atoms with van der Waals surface area (Å²) >= 11 is 28.2. The number of hydrogen-bond donors (Lipinski definition) is 0. The van der Waals surface area contributed by atoms with Gasteiger partial charge in [0.25, 0.3) is 0 Å². The van der Waals surface area contributed by atoms with Crippen LogP contribution in [-0.4, -0.2) is 9.49 Å². The topological polar surface area (TPSA) is 0 Å². The Kier molecular flexibility index (Phi) is 4.32. The molecule has 2 aromatic carbocycles. The van der Waals surface area contributed by atoms with Crippen molar-refractivity contribution < 1.29 is 0 Å². The molecule has 5 rings (SSSR count). The van der Waals surface area contributed by atoms with Gasteiger partial charge in [0, 0.05) is 39.4 Å². The first kappa shape index (κ1) is 16.8. The maximum atomic E-state index is 6.09. The van der Waals surface area contributed by atoms with Crippen LogP contribution in [0.3, 0.4) is 0 Å². The maximum absolute atomic E-state index is 6.09. The minimum Gasteiger partial charge on any atom is -0.119 e. The van der Waals surface area contributed by atoms with Crippen LogP contribution in [0.25, 0.3) is 0 Å². The van der Waals surface area contributed by atoms with Crippen LogP contribution in [0, 0.1) is 0 Å². The Hall–Kier alpha value is 0.300. The van der Waals surface area contributed by atoms with E-state index in [4.69, 9.17) is 46.4 Å². The van der Waals surface area contributed by atoms with Crippen LogP contribution in [0.2, 0.25) is 20.1 Å². The van der Waals surface area contributed by atoms with E-state index in [0.29, 0.717) is 29.6 Å². The fraction of sp³-hybridized carbons (Fsp3) is 0.294. The number of halogens is 4. The third kappa shape index (κ3) is 3.36. The Labute approximate surface area is 164 Å². The number of benzene rings is 2. The van der Waals surface area contributed by atoms with E-state index in [-0.39, 0.29) is 0 Å². The van der Waals surface area contributed by atoms with Gasteiger partial charge in [0.2, 0.25) is 0 Å². The lowest BCUT2D eigenvalue weighted by molar-refractivity contribution is 0.0977. The van der Waals surface area contributed by atoms with Gasteiger partial charge in [-0.05, 0) is 55.7 Å². The molecule has 120 valence electrons. The van der Waals surface area contributed by atoms with Crippen LogP contribution < -0.4 is 0 Å². The molecular weight excluding hydrogens is 410 g/mol. The summed E-state index contributed by atoms with van der Waals surface area (Å²) in [5.74, 6) is 0. The first-order chi connectivity index (χ1) is 10.9. The summed E-state index contributed by atoms with van der Waals surface area (Å²) in [6.07, 6.45) is 3.59. The van der Waals surface area contributed by atoms with E-state index in [2.05, 4.69) is 0 Å². The second-order valence-corrected chi connectivity index (χ2v) is 11.1. The first-order valence-electron chi connectivity index (χ1n) is 7.16. The van der Waals surface area contributed by atoms with Crippen LogP contribution in [0.1, 0.15) is 19.3 Å². The molecule has 3 aliphatic carbocycles. The molecule has 2 aromatic rings. The van der Waals surface area contributed by atoms with Crippen molar-refractivity contribution in [1.29, 1.82) is 0 Å². The number of hydrogen-bond acceptors (Lipinski definition) is 2. The molecule has 0 aromatic heterocycles. The molecule has 0 N–H and O–H groups in total. The minimum atomic E-state index is 0.351. The van der Waals surface area contributed by atoms with Crippen molar-refractivity contribution in [2.24, 2.45) is 0 Å². The summed E-state index contributed by atoms with van der Waals surface area (Å²) in [7, 11) is 0. The van der Waals surface area contributed by atoms with Crippen molar-refractivity contribution in [1.82, 2.24) is 0 Å². The molecule has 0 unspecified atom stereocenters. The monoisotopic (exact) mass is 420 g/mol. The Morgan fingerprint density at radius 1 is 0.565 bits per heavy atom. The van der Waals surface area contributed by atoms with Gasteiger partial charge in [-0.15, -0.1) is 23.5 Å². The van der Waals surface area contributed by atoms with E-state index in [1.165, 1.54) is 19.3 Å². The third-order valence-corrected chi connectivity index (χ3v) is 7.82. The van der Waals surface area contributed by atoms with Crippen LogP contribution in [0.4, 0.5) is 0 Å². The summed E-state index contributed by atoms with van der Waals surface area (Å²) in [6, 6.07) is 11.5. The normalized spacial score (nSPS) is 28.2. The predicted octanol–water partition coefficient (Wildman–Crippen LogP) is 7.86. The molecule has 0 aliphatic heterocycles. The molecule has 0 radical (unpaired) electrons. The second kappa shape index (κ2) is 5.93. The predicted molar refractivity (Wildman–Crippen MR) is 104 cm³/mol. The van der Waals surface area contributed by atoms with Gasteiger partial charge < -0.3 is 0 Å². The highest BCUT2D eigenvalue weighted by Gasteiger charge is 2.68. The molecular formula is C17H12Cl4S2. The summed E-state index contributed by atoms with van der Waals surface area (Å²) < 4.78 is 0.701. The molecule has 3 aliphatic rings. The SMILES string of the molecule is Clc1cc(Cl)cc(SC23CC(Sc4cc(Cl)cc(Cl)c4)(C2)C3)c1. The summed E-state index contributed by atoms with van der Waals surface area (Å²) in [5.41, 5.74) is 0. The fourth-order valence-corrected chi connectivity index (χ4v) is 8.92. The van der Waals surface area contributed by atoms with Crippen LogP contribution >= 0.6 is 69.9 Å². The molecule has 0 amide bonds. The van der Waals surface area contributed by atoms with E-state index in [1.54, 1.807) is 12.1 Å². The smallest absolute Gasteiger partial charge is 0.0431 e. The summed E-state index contributed by atoms with van der Waals surface area (Å²) in [4.78, 5) is 2.32. The molecule has 6 heteroatoms. The average molecular weight is 422 g/mol. The van der Waals surface area contributed by atoms with E-state index in [9.17, 15) is 0 Å². The summed E-state index contributed by atoms with van der Waals surface area (Å²) in [5, 5.41) is 2.79. The van der Waals surface area contributed by atoms with Gasteiger partial charge in [0.1, 0.15) is 0 Å². The molecule has 23 heavy (non-hydrogen) atoms. The van der Waals surface area contributed by atoms with Crippen molar-refractivity contribution in [2.75, 3.05) is 0 Å². The Balaban J connectivity index is 1.42. The molecule has 3 saturated carbocycles. The van der Waals surface area contributed by atoms with Gasteiger partial charge >= 0.3 is 0 Å². The number of thioether (sulfide) groups is 2. The molecule has 0 heterocycles. The second-order valence-electron chi connectivity index (χ2n) is 6.31. The van der Waals surface area contributed by atoms with Crippen LogP contribution in [0.15, 0.2) is 46.2 Å². The molecule has 3 fully saturated rings. The minimum absolute atomic E-state index is 0.351. The van der Waals surface area contributed by atoms with Gasteiger partial charge in [-0.1, -0.05) is 46.4 Å². The first-order valence-corrected chi connectivity index (χ1v) is 10.3. The van der Waals surface area contributed by atoms with Gasteiger partial charge in [-0.3, -0.25) is 0 Å². The van der Waals surface area contributed by atoms with Crippen molar-refractivity contribution in [3.05, 3.63) is 56.5 Å². The maximum Gasteiger partial charge on any atom is 0.0431 e. The van der Waals surface area contributed by atoms with Crippen molar-refractivity contribution in [3.63, 3.8) is 0 Å². The van der Waals surface area contributed by atoms with Crippen molar-refractivity contribution >= 4 is 69.9 Å². The molecule has 0 spiro atoms. The largest absolute Gasteiger partial charge is 0.119 e. The highest BCUT2D eigenvalue weighted by Crippen LogP contribution is 2.75. The lowest BCUT2D eigenvalue weighted by atomic mass is 9.54. The highest BCUT2D eigenvalue weighted by molar-refractivity contribution is 8.03. The Morgan fingerprint density at radius 2 is 0.870 bits per heavy atom. The number of rotatable bonds is 4. The van der Waals surface area contributed by atoms with Crippen LogP contribution in [0.5, 0.6) is 0 Å². The van der Waals surface area contributed by atoms with Gasteiger partial charge in [-0.25, -0.2) is 0 Å². The molecule has 0 saturated heterocycles. The standard InChI is InChI=1S/C17H12Cl4S2/c18-10-1-11(19)4-14(3-10)22-16-7-17(8-16,9-16)23-15-5-12(20)2-13(21)6-15/h1-6H,7-9H2. The van der Waals surface area contributed by atoms with Crippen molar-refractivity contribution in [3.8, 4) is 0 Å². The quantitative estimate of drug-likeness (QED) is 0.492. The van der Waals surface area contributed by atoms with Gasteiger partial charge in [-0.2, -0.15) is 0 Å².